The quantitative estimate of drug-likeness (QED) is 0.0636. The van der Waals surface area contributed by atoms with Crippen LogP contribution < -0.4 is 43.0 Å². The highest BCUT2D eigenvalue weighted by Crippen LogP contribution is 2.58. The van der Waals surface area contributed by atoms with Gasteiger partial charge in [-0.25, -0.2) is 0 Å². The number of halogens is 3. The molecule has 2 fully saturated rings. The number of methoxy groups -OCH3 is 2. The van der Waals surface area contributed by atoms with Gasteiger partial charge in [0.05, 0.1) is 70.6 Å². The molecule has 8 heterocycles. The number of carbonyl (C=O) groups is 6. The monoisotopic (exact) mass is 1240 g/mol. The van der Waals surface area contributed by atoms with Gasteiger partial charge >= 0.3 is 3.18 Å². The molecule has 0 spiro atoms. The molecule has 6 amide bonds. The Morgan fingerprint density at radius 1 is 0.538 bits per heavy atom. The average Bonchev–Trinajstić information content (AvgIpc) is 2.56. The molecule has 2 saturated carbocycles. The Balaban J connectivity index is 0.000000133. The van der Waals surface area contributed by atoms with Gasteiger partial charge in [-0.15, -0.1) is 47.3 Å². The Hall–Kier alpha value is -7.64. The number of imide groups is 2. The fourth-order valence-corrected chi connectivity index (χ4v) is 14.4. The molecule has 10 aromatic rings. The fourth-order valence-electron chi connectivity index (χ4n) is 14.4. The summed E-state index contributed by atoms with van der Waals surface area (Å²) in [5, 5.41) is 30.8. The number of carbonyl (C=O) groups excluding carboxylic acids is 6. The van der Waals surface area contributed by atoms with E-state index in [9.17, 15) is 39.0 Å². The van der Waals surface area contributed by atoms with Crippen LogP contribution in [0.25, 0.3) is 87.2 Å². The molecule has 16 rings (SSSR count). The van der Waals surface area contributed by atoms with Crippen molar-refractivity contribution >= 4 is 173 Å². The summed E-state index contributed by atoms with van der Waals surface area (Å²) >= 11 is 9.31. The van der Waals surface area contributed by atoms with Crippen molar-refractivity contribution in [2.45, 2.75) is 60.9 Å². The topological polar surface area (TPSA) is 309 Å². The van der Waals surface area contributed by atoms with Crippen molar-refractivity contribution < 1.29 is 48.5 Å². The number of fused-ring (bicyclic) bond motifs is 26. The van der Waals surface area contributed by atoms with Gasteiger partial charge in [0.25, 0.3) is 23.6 Å². The molecule has 20 nitrogen and oxygen atoms in total. The van der Waals surface area contributed by atoms with Crippen LogP contribution >= 0.6 is 47.3 Å². The van der Waals surface area contributed by atoms with E-state index in [-0.39, 0.29) is 44.3 Å². The molecule has 4 bridgehead atoms. The Morgan fingerprint density at radius 2 is 0.833 bits per heavy atom. The van der Waals surface area contributed by atoms with E-state index in [2.05, 4.69) is 71.6 Å². The van der Waals surface area contributed by atoms with Crippen LogP contribution in [0.3, 0.4) is 0 Å². The molecule has 12 N–H and O–H groups in total. The third kappa shape index (κ3) is 6.05. The highest BCUT2D eigenvalue weighted by Gasteiger charge is 2.56. The molecule has 6 atom stereocenters. The SMILES string of the molecule is BrB(Br)Br.COc1ccc2c(c1)c1c3c(c4c5cc(OC)ccc5n5c4c1n2C1C[C@H]5C[C@@]1(N)C(N)=O)C(=O)NC3=O.NC(=O)[C@]1(N)C[C@@H]2CC1n1c3ccc(O)cc3c3c4c(c5c6cc(O)ccc6n2c5c31)C(=O)NC4=O. The number of aromatic nitrogens is 4. The molecule has 24 heteroatoms. The minimum Gasteiger partial charge on any atom is -0.508 e. The summed E-state index contributed by atoms with van der Waals surface area (Å²) in [6.07, 6.45) is 1.69. The van der Waals surface area contributed by atoms with Gasteiger partial charge in [0.1, 0.15) is 34.1 Å². The lowest BCUT2D eigenvalue weighted by Crippen LogP contribution is -2.55. The summed E-state index contributed by atoms with van der Waals surface area (Å²) in [7, 11) is 3.16. The first-order valence-corrected chi connectivity index (χ1v) is 27.5. The van der Waals surface area contributed by atoms with E-state index in [0.29, 0.717) is 85.2 Å². The van der Waals surface area contributed by atoms with Crippen LogP contribution in [-0.4, -0.2) is 92.4 Å². The van der Waals surface area contributed by atoms with Crippen molar-refractivity contribution in [3.63, 3.8) is 0 Å². The average molecular weight is 1240 g/mol. The molecule has 4 aromatic heterocycles. The largest absolute Gasteiger partial charge is 0.508 e. The molecule has 4 aliphatic heterocycles. The number of nitrogens with zero attached hydrogens (tertiary/aromatic N) is 4. The summed E-state index contributed by atoms with van der Waals surface area (Å²) < 4.78 is 19.6. The Labute approximate surface area is 463 Å². The van der Waals surface area contributed by atoms with Gasteiger partial charge in [-0.05, 0) is 98.5 Å². The number of phenolic OH excluding ortho intramolecular Hbond substituents is 2. The first kappa shape index (κ1) is 48.7. The molecular formula is C54H42BBr3N10O10. The maximum absolute atomic E-state index is 13.4. The molecule has 6 aromatic carbocycles. The maximum Gasteiger partial charge on any atom is 0.369 e. The van der Waals surface area contributed by atoms with Crippen molar-refractivity contribution in [3.05, 3.63) is 95.1 Å². The number of phenols is 2. The Morgan fingerprint density at radius 3 is 1.15 bits per heavy atom. The highest BCUT2D eigenvalue weighted by atomic mass is 79.9. The zero-order valence-corrected chi connectivity index (χ0v) is 45.8. The molecule has 2 unspecified atom stereocenters. The Bertz CT molecular complexity index is 4580. The van der Waals surface area contributed by atoms with Crippen molar-refractivity contribution in [2.24, 2.45) is 22.9 Å². The standard InChI is InChI=1S/C28H23N5O5.C26H19N5O5.BBr3/c1-37-12-3-5-16-14(8-12)19-21-22(26(35)31-25(21)34)20-15-9-13(38-2)4-6-17(15)33-18-7-11(10-28(18,30)27(29)36)32(16)23(19)24(20)33;27-25(36)26(28)8-9-5-16(26)31-15-4-2-11(33)7-13(15)18-20-19(23(34)29-24(20)35)17-12-6-10(32)1-3-14(12)30(9)21(17)22(18)31;2-1(3)4/h3-6,8-9,11,18H,7,10,30H2,1-2H3,(H2,29,36)(H,31,34,35);1-4,6-7,9,16,32-33H,5,8,28H2,(H2,27,36)(H,29,34,35);/t11-,18?,28-;9-,16?,26-;/m00./s1. The summed E-state index contributed by atoms with van der Waals surface area (Å²) in [6, 6.07) is 19.8. The molecule has 0 saturated heterocycles. The third-order valence-corrected chi connectivity index (χ3v) is 17.3. The van der Waals surface area contributed by atoms with Crippen molar-refractivity contribution in [1.82, 2.24) is 28.9 Å². The first-order chi connectivity index (χ1) is 37.2. The number of nitrogens with two attached hydrogens (primary N) is 4. The van der Waals surface area contributed by atoms with Crippen LogP contribution in [0.2, 0.25) is 0 Å². The summed E-state index contributed by atoms with van der Waals surface area (Å²) in [5.74, 6) is -1.87. The smallest absolute Gasteiger partial charge is 0.369 e. The van der Waals surface area contributed by atoms with E-state index in [0.717, 1.165) is 43.9 Å². The number of ether oxygens (including phenoxy) is 2. The zero-order chi connectivity index (χ0) is 54.7. The number of nitrogens with one attached hydrogen (secondary N) is 2. The normalized spacial score (nSPS) is 23.1. The summed E-state index contributed by atoms with van der Waals surface area (Å²) in [5.41, 5.74) is 30.0. The lowest BCUT2D eigenvalue weighted by molar-refractivity contribution is -0.124. The zero-order valence-electron chi connectivity index (χ0n) is 41.0. The van der Waals surface area contributed by atoms with Crippen LogP contribution in [0.4, 0.5) is 0 Å². The predicted octanol–water partition coefficient (Wildman–Crippen LogP) is 7.30. The van der Waals surface area contributed by atoms with Crippen LogP contribution in [-0.2, 0) is 9.59 Å². The summed E-state index contributed by atoms with van der Waals surface area (Å²) in [6.45, 7) is 0. The number of hydrogen-bond acceptors (Lipinski definition) is 12. The van der Waals surface area contributed by atoms with Crippen molar-refractivity contribution in [3.8, 4) is 23.0 Å². The molecule has 392 valence electrons. The lowest BCUT2D eigenvalue weighted by atomic mass is 9.92. The van der Waals surface area contributed by atoms with E-state index >= 15 is 0 Å². The van der Waals surface area contributed by atoms with Gasteiger partial charge in [-0.2, -0.15) is 0 Å². The molecular weight excluding hydrogens is 1200 g/mol. The second-order valence-electron chi connectivity index (χ2n) is 20.9. The second-order valence-corrected chi connectivity index (χ2v) is 27.3. The van der Waals surface area contributed by atoms with E-state index in [1.54, 1.807) is 50.6 Å². The third-order valence-electron chi connectivity index (χ3n) is 17.3. The number of primary amides is 2. The second kappa shape index (κ2) is 16.2. The van der Waals surface area contributed by atoms with Crippen LogP contribution in [0.1, 0.15) is 91.3 Å². The van der Waals surface area contributed by atoms with Gasteiger partial charge in [-0.3, -0.25) is 39.4 Å². The molecule has 2 aliphatic carbocycles. The molecule has 6 aliphatic rings. The summed E-state index contributed by atoms with van der Waals surface area (Å²) in [4.78, 5) is 78.9. The van der Waals surface area contributed by atoms with E-state index in [1.807, 2.05) is 41.0 Å². The highest BCUT2D eigenvalue weighted by molar-refractivity contribution is 9.69. The lowest BCUT2D eigenvalue weighted by Gasteiger charge is -2.31. The minimum atomic E-state index is -1.37. The maximum atomic E-state index is 13.4. The first-order valence-electron chi connectivity index (χ1n) is 24.7. The molecule has 78 heavy (non-hydrogen) atoms. The number of amides is 6. The number of aromatic hydroxyl groups is 2. The van der Waals surface area contributed by atoms with E-state index < -0.39 is 58.6 Å². The van der Waals surface area contributed by atoms with Gasteiger partial charge in [0, 0.05) is 77.2 Å². The van der Waals surface area contributed by atoms with Gasteiger partial charge in [-0.1, -0.05) is 0 Å². The number of hydrogen-bond donors (Lipinski definition) is 8. The van der Waals surface area contributed by atoms with Crippen molar-refractivity contribution in [1.29, 1.82) is 0 Å². The number of benzene rings is 6. The van der Waals surface area contributed by atoms with Crippen molar-refractivity contribution in [2.75, 3.05) is 14.2 Å². The minimum absolute atomic E-state index is 0.000801. The van der Waals surface area contributed by atoms with Crippen LogP contribution in [0.15, 0.2) is 72.8 Å². The van der Waals surface area contributed by atoms with Gasteiger partial charge in [0.2, 0.25) is 11.8 Å². The predicted molar refractivity (Wildman–Crippen MR) is 304 cm³/mol. The van der Waals surface area contributed by atoms with E-state index in [4.69, 9.17) is 32.4 Å². The molecule has 0 radical (unpaired) electrons. The fraction of sp³-hybridized carbons (Fsp3) is 0.222. The van der Waals surface area contributed by atoms with E-state index in [1.165, 1.54) is 0 Å². The Kier molecular flexibility index (Phi) is 10.1. The number of rotatable bonds is 4. The van der Waals surface area contributed by atoms with Gasteiger partial charge < -0.3 is 60.9 Å². The van der Waals surface area contributed by atoms with Crippen LogP contribution in [0.5, 0.6) is 23.0 Å². The van der Waals surface area contributed by atoms with Crippen LogP contribution in [0, 0.1) is 0 Å². The van der Waals surface area contributed by atoms with Gasteiger partial charge in [0.15, 0.2) is 0 Å².